The van der Waals surface area contributed by atoms with Crippen LogP contribution < -0.4 is 9.47 Å². The monoisotopic (exact) mass is 496 g/mol. The van der Waals surface area contributed by atoms with Crippen molar-refractivity contribution in [3.8, 4) is 23.0 Å². The first-order chi connectivity index (χ1) is 16.2. The molecule has 0 saturated heterocycles. The molecule has 174 valence electrons. The second-order valence-electron chi connectivity index (χ2n) is 7.22. The molecule has 4 rings (SSSR count). The van der Waals surface area contributed by atoms with E-state index < -0.39 is 19.7 Å². The third-order valence-electron chi connectivity index (χ3n) is 5.02. The summed E-state index contributed by atoms with van der Waals surface area (Å²) in [6.45, 7) is 0. The molecule has 0 aliphatic carbocycles. The van der Waals surface area contributed by atoms with Gasteiger partial charge in [0.05, 0.1) is 26.7 Å². The number of ether oxygens (including phenoxy) is 2. The van der Waals surface area contributed by atoms with E-state index >= 15 is 0 Å². The van der Waals surface area contributed by atoms with Gasteiger partial charge >= 0.3 is 0 Å². The first-order valence-corrected chi connectivity index (χ1v) is 13.0. The molecule has 1 N–H and O–H groups in total. The normalized spacial score (nSPS) is 11.7. The molecular weight excluding hydrogens is 476 g/mol. The van der Waals surface area contributed by atoms with Crippen LogP contribution in [-0.2, 0) is 19.7 Å². The number of aromatic hydroxyl groups is 1. The largest absolute Gasteiger partial charge is 0.508 e. The molecule has 0 radical (unpaired) electrons. The van der Waals surface area contributed by atoms with Crippen LogP contribution in [0.15, 0.2) is 117 Å². The Labute approximate surface area is 197 Å². The van der Waals surface area contributed by atoms with Gasteiger partial charge < -0.3 is 14.6 Å². The number of phenolic OH excluding ortho intramolecular Hbond substituents is 1. The molecule has 0 aliphatic heterocycles. The third-order valence-corrected chi connectivity index (χ3v) is 8.59. The molecule has 0 fully saturated rings. The first kappa shape index (κ1) is 23.3. The van der Waals surface area contributed by atoms with E-state index in [-0.39, 0.29) is 25.3 Å². The van der Waals surface area contributed by atoms with Crippen molar-refractivity contribution in [1.29, 1.82) is 0 Å². The molecule has 0 spiro atoms. The maximum Gasteiger partial charge on any atom is 0.206 e. The molecule has 0 heterocycles. The van der Waals surface area contributed by atoms with E-state index in [9.17, 15) is 21.9 Å². The Morgan fingerprint density at radius 3 is 1.12 bits per heavy atom. The zero-order chi connectivity index (χ0) is 24.3. The summed E-state index contributed by atoms with van der Waals surface area (Å²) in [6, 6.07) is 23.2. The van der Waals surface area contributed by atoms with Crippen molar-refractivity contribution < 1.29 is 31.4 Å². The molecule has 4 aromatic carbocycles. The number of hydrogen-bond donors (Lipinski definition) is 1. The molecule has 0 aliphatic rings. The fourth-order valence-corrected chi connectivity index (χ4v) is 5.68. The highest BCUT2D eigenvalue weighted by molar-refractivity contribution is 7.91. The van der Waals surface area contributed by atoms with E-state index in [0.717, 1.165) is 0 Å². The number of methoxy groups -OCH3 is 1. The van der Waals surface area contributed by atoms with Crippen molar-refractivity contribution >= 4 is 19.7 Å². The summed E-state index contributed by atoms with van der Waals surface area (Å²) in [6.07, 6.45) is 0. The fraction of sp³-hybridized carbons (Fsp3) is 0.0400. The maximum absolute atomic E-state index is 12.8. The Morgan fingerprint density at radius 2 is 0.794 bits per heavy atom. The molecule has 4 aromatic rings. The zero-order valence-corrected chi connectivity index (χ0v) is 19.6. The Balaban J connectivity index is 1.50. The van der Waals surface area contributed by atoms with Gasteiger partial charge in [0, 0.05) is 0 Å². The van der Waals surface area contributed by atoms with Gasteiger partial charge in [-0.2, -0.15) is 0 Å². The van der Waals surface area contributed by atoms with Crippen LogP contribution in [-0.4, -0.2) is 29.1 Å². The number of sulfone groups is 2. The van der Waals surface area contributed by atoms with Crippen LogP contribution in [0.2, 0.25) is 0 Å². The third kappa shape index (κ3) is 4.75. The van der Waals surface area contributed by atoms with Gasteiger partial charge in [-0.05, 0) is 97.1 Å². The Bertz CT molecular complexity index is 1490. The summed E-state index contributed by atoms with van der Waals surface area (Å²) in [4.78, 5) is 0.395. The smallest absolute Gasteiger partial charge is 0.206 e. The van der Waals surface area contributed by atoms with E-state index in [2.05, 4.69) is 0 Å². The van der Waals surface area contributed by atoms with Gasteiger partial charge in [0.15, 0.2) is 0 Å². The van der Waals surface area contributed by atoms with Gasteiger partial charge in [-0.1, -0.05) is 0 Å². The lowest BCUT2D eigenvalue weighted by Crippen LogP contribution is -2.02. The molecule has 34 heavy (non-hydrogen) atoms. The van der Waals surface area contributed by atoms with Gasteiger partial charge in [-0.25, -0.2) is 16.8 Å². The molecule has 0 amide bonds. The number of benzene rings is 4. The number of rotatable bonds is 7. The van der Waals surface area contributed by atoms with Crippen molar-refractivity contribution in [3.63, 3.8) is 0 Å². The SMILES string of the molecule is COc1ccc(S(=O)(=O)c2ccc(Oc3ccc(S(=O)(=O)c4ccc(O)cc4)cc3)cc2)cc1. The molecule has 0 saturated carbocycles. The Hall–Kier alpha value is -3.82. The van der Waals surface area contributed by atoms with Gasteiger partial charge in [0.1, 0.15) is 23.0 Å². The van der Waals surface area contributed by atoms with Crippen molar-refractivity contribution in [2.24, 2.45) is 0 Å². The van der Waals surface area contributed by atoms with Crippen molar-refractivity contribution in [2.75, 3.05) is 7.11 Å². The summed E-state index contributed by atoms with van der Waals surface area (Å²) < 4.78 is 61.9. The summed E-state index contributed by atoms with van der Waals surface area (Å²) in [5.74, 6) is 1.31. The standard InChI is InChI=1S/C25H20O7S2/c1-31-19-4-12-23(13-5-19)34(29,30)25-16-8-21(9-17-25)32-20-6-14-24(15-7-20)33(27,28)22-10-2-18(26)3-11-22/h2-17,26H,1H3. The van der Waals surface area contributed by atoms with E-state index in [0.29, 0.717) is 17.2 Å². The fourth-order valence-electron chi connectivity index (χ4n) is 3.16. The summed E-state index contributed by atoms with van der Waals surface area (Å²) in [5, 5.41) is 9.36. The average molecular weight is 497 g/mol. The lowest BCUT2D eigenvalue weighted by atomic mass is 10.3. The minimum Gasteiger partial charge on any atom is -0.508 e. The van der Waals surface area contributed by atoms with Crippen molar-refractivity contribution in [3.05, 3.63) is 97.1 Å². The van der Waals surface area contributed by atoms with Gasteiger partial charge in [-0.15, -0.1) is 0 Å². The second-order valence-corrected chi connectivity index (χ2v) is 11.1. The Kier molecular flexibility index (Phi) is 6.32. The van der Waals surface area contributed by atoms with Crippen LogP contribution in [0.5, 0.6) is 23.0 Å². The first-order valence-electron chi connectivity index (χ1n) is 10.0. The number of phenols is 1. The second kappa shape index (κ2) is 9.20. The van der Waals surface area contributed by atoms with E-state index in [1.807, 2.05) is 0 Å². The highest BCUT2D eigenvalue weighted by Gasteiger charge is 2.19. The summed E-state index contributed by atoms with van der Waals surface area (Å²) in [7, 11) is -5.93. The van der Waals surface area contributed by atoms with E-state index in [4.69, 9.17) is 9.47 Å². The highest BCUT2D eigenvalue weighted by Crippen LogP contribution is 2.29. The van der Waals surface area contributed by atoms with E-state index in [1.54, 1.807) is 12.1 Å². The lowest BCUT2D eigenvalue weighted by Gasteiger charge is -2.09. The summed E-state index contributed by atoms with van der Waals surface area (Å²) in [5.41, 5.74) is 0. The Morgan fingerprint density at radius 1 is 0.500 bits per heavy atom. The molecule has 0 bridgehead atoms. The molecular formula is C25H20O7S2. The molecule has 0 atom stereocenters. The topological polar surface area (TPSA) is 107 Å². The minimum atomic E-state index is -3.74. The molecule has 0 unspecified atom stereocenters. The van der Waals surface area contributed by atoms with Crippen molar-refractivity contribution in [1.82, 2.24) is 0 Å². The highest BCUT2D eigenvalue weighted by atomic mass is 32.2. The van der Waals surface area contributed by atoms with Crippen molar-refractivity contribution in [2.45, 2.75) is 19.6 Å². The van der Waals surface area contributed by atoms with Gasteiger partial charge in [0.25, 0.3) is 0 Å². The number of hydrogen-bond acceptors (Lipinski definition) is 7. The maximum atomic E-state index is 12.8. The summed E-state index contributed by atoms with van der Waals surface area (Å²) >= 11 is 0. The minimum absolute atomic E-state index is 0.0227. The molecule has 0 aromatic heterocycles. The predicted molar refractivity (Wildman–Crippen MR) is 125 cm³/mol. The zero-order valence-electron chi connectivity index (χ0n) is 18.0. The van der Waals surface area contributed by atoms with Crippen LogP contribution in [0.25, 0.3) is 0 Å². The van der Waals surface area contributed by atoms with Crippen LogP contribution in [0.1, 0.15) is 0 Å². The molecule has 7 nitrogen and oxygen atoms in total. The van der Waals surface area contributed by atoms with Crippen LogP contribution >= 0.6 is 0 Å². The van der Waals surface area contributed by atoms with Gasteiger partial charge in [-0.3, -0.25) is 0 Å². The van der Waals surface area contributed by atoms with Crippen LogP contribution in [0.3, 0.4) is 0 Å². The van der Waals surface area contributed by atoms with E-state index in [1.165, 1.54) is 92.0 Å². The predicted octanol–water partition coefficient (Wildman–Crippen LogP) is 4.86. The van der Waals surface area contributed by atoms with Crippen LogP contribution in [0.4, 0.5) is 0 Å². The average Bonchev–Trinajstić information content (AvgIpc) is 2.85. The molecule has 9 heteroatoms. The van der Waals surface area contributed by atoms with Gasteiger partial charge in [0.2, 0.25) is 19.7 Å². The quantitative estimate of drug-likeness (QED) is 0.389. The lowest BCUT2D eigenvalue weighted by molar-refractivity contribution is 0.414. The van der Waals surface area contributed by atoms with Crippen LogP contribution in [0, 0.1) is 0 Å².